The summed E-state index contributed by atoms with van der Waals surface area (Å²) in [5, 5.41) is 21.3. The molecule has 2 atom stereocenters. The Morgan fingerprint density at radius 1 is 1.20 bits per heavy atom. The highest BCUT2D eigenvalue weighted by atomic mass is 19.1. The van der Waals surface area contributed by atoms with Crippen molar-refractivity contribution in [3.8, 4) is 11.8 Å². The molecule has 0 bridgehead atoms. The summed E-state index contributed by atoms with van der Waals surface area (Å²) in [6, 6.07) is 6.16. The Morgan fingerprint density at radius 2 is 2.02 bits per heavy atom. The van der Waals surface area contributed by atoms with Gasteiger partial charge in [0.25, 0.3) is 5.91 Å². The minimum atomic E-state index is -0.881. The van der Waals surface area contributed by atoms with E-state index >= 15 is 0 Å². The van der Waals surface area contributed by atoms with Crippen LogP contribution in [0.15, 0.2) is 24.3 Å². The molecule has 4 aliphatic rings. The Bertz CT molecular complexity index is 1550. The molecule has 2 N–H and O–H groups in total. The highest BCUT2D eigenvalue weighted by Crippen LogP contribution is 2.43. The lowest BCUT2D eigenvalue weighted by Crippen LogP contribution is -2.49. The first-order valence-electron chi connectivity index (χ1n) is 14.3. The van der Waals surface area contributed by atoms with Crippen LogP contribution in [0.4, 0.5) is 20.3 Å². The van der Waals surface area contributed by atoms with E-state index in [0.29, 0.717) is 71.6 Å². The zero-order chi connectivity index (χ0) is 28.5. The zero-order valence-corrected chi connectivity index (χ0v) is 22.9. The molecule has 1 amide bonds. The predicted octanol–water partition coefficient (Wildman–Crippen LogP) is 3.58. The van der Waals surface area contributed by atoms with Gasteiger partial charge < -0.3 is 24.7 Å². The molecule has 3 aromatic rings. The number of aromatic nitrogens is 2. The molecule has 2 aromatic carbocycles. The third-order valence-electron chi connectivity index (χ3n) is 9.23. The van der Waals surface area contributed by atoms with E-state index in [0.717, 1.165) is 19.4 Å². The monoisotopic (exact) mass is 565 g/mol. The van der Waals surface area contributed by atoms with Crippen molar-refractivity contribution in [3.63, 3.8) is 0 Å². The van der Waals surface area contributed by atoms with Crippen molar-refractivity contribution in [2.45, 2.75) is 50.9 Å². The molecular formula is C30H33F2N5O4. The van der Waals surface area contributed by atoms with Crippen molar-refractivity contribution < 1.29 is 28.5 Å². The second-order valence-electron chi connectivity index (χ2n) is 11.8. The van der Waals surface area contributed by atoms with Crippen LogP contribution >= 0.6 is 0 Å². The fourth-order valence-corrected chi connectivity index (χ4v) is 7.19. The Balaban J connectivity index is 1.27. The Labute approximate surface area is 236 Å². The van der Waals surface area contributed by atoms with Crippen molar-refractivity contribution >= 4 is 28.2 Å². The molecule has 1 aromatic heterocycles. The fourth-order valence-electron chi connectivity index (χ4n) is 7.19. The number of carbonyl (C=O) groups excluding carboxylic acids is 1. The first kappa shape index (κ1) is 26.3. The minimum absolute atomic E-state index is 0.0307. The number of aryl methyl sites for hydroxylation is 1. The van der Waals surface area contributed by atoms with E-state index in [1.807, 2.05) is 11.8 Å². The zero-order valence-electron chi connectivity index (χ0n) is 22.9. The molecule has 0 saturated carbocycles. The van der Waals surface area contributed by atoms with Gasteiger partial charge in [-0.2, -0.15) is 9.97 Å². The highest BCUT2D eigenvalue weighted by Gasteiger charge is 2.49. The van der Waals surface area contributed by atoms with E-state index in [9.17, 15) is 23.8 Å². The highest BCUT2D eigenvalue weighted by molar-refractivity contribution is 6.16. The maximum absolute atomic E-state index is 14.9. The molecule has 9 nitrogen and oxygen atoms in total. The number of benzene rings is 2. The number of aromatic hydroxyl groups is 1. The summed E-state index contributed by atoms with van der Waals surface area (Å²) in [4.78, 5) is 29.0. The molecule has 0 spiro atoms. The normalized spacial score (nSPS) is 24.3. The number of carbonyl (C=O) groups is 1. The summed E-state index contributed by atoms with van der Waals surface area (Å²) >= 11 is 0. The van der Waals surface area contributed by atoms with E-state index in [-0.39, 0.29) is 54.7 Å². The number of phenols is 1. The van der Waals surface area contributed by atoms with Gasteiger partial charge in [0.1, 0.15) is 35.7 Å². The van der Waals surface area contributed by atoms with Gasteiger partial charge in [0.05, 0.1) is 23.5 Å². The number of anilines is 2. The molecule has 41 heavy (non-hydrogen) atoms. The molecule has 4 aliphatic heterocycles. The van der Waals surface area contributed by atoms with Crippen LogP contribution in [0.3, 0.4) is 0 Å². The number of rotatable bonds is 7. The number of halogens is 2. The standard InChI is InChI=1S/C30H33F2N5O4/c1-2-21-22(32)5-4-18-8-20(39)9-24(25(18)21)37-14-23-26(28(37)40)27(35-11-17(12-35)15-38)34-29(33-23)41-16-30-6-3-7-36(30)13-19(31)10-30/h4-5,8-9,17,19,38-39H,2-3,6-7,10-16H2,1H3. The van der Waals surface area contributed by atoms with Gasteiger partial charge in [-0.1, -0.05) is 13.0 Å². The Morgan fingerprint density at radius 3 is 2.80 bits per heavy atom. The van der Waals surface area contributed by atoms with Gasteiger partial charge in [-0.3, -0.25) is 9.69 Å². The van der Waals surface area contributed by atoms with Gasteiger partial charge in [-0.05, 0) is 48.9 Å². The molecule has 5 heterocycles. The molecule has 7 rings (SSSR count). The van der Waals surface area contributed by atoms with Crippen LogP contribution in [0.25, 0.3) is 10.8 Å². The third-order valence-corrected chi connectivity index (χ3v) is 9.23. The number of hydrogen-bond donors (Lipinski definition) is 2. The van der Waals surface area contributed by atoms with Crippen LogP contribution in [-0.4, -0.2) is 82.1 Å². The number of phenolic OH excluding ortho intramolecular Hbond substituents is 1. The molecule has 3 saturated heterocycles. The maximum Gasteiger partial charge on any atom is 0.318 e. The van der Waals surface area contributed by atoms with Gasteiger partial charge in [-0.15, -0.1) is 0 Å². The smallest absolute Gasteiger partial charge is 0.318 e. The SMILES string of the molecule is CCc1c(F)ccc2cc(O)cc(N3Cc4nc(OCC56CCCN5CC(F)C6)nc(N5CC(CO)C5)c4C3=O)c12. The quantitative estimate of drug-likeness (QED) is 0.448. The van der Waals surface area contributed by atoms with E-state index in [1.165, 1.54) is 17.0 Å². The van der Waals surface area contributed by atoms with Crippen molar-refractivity contribution in [2.75, 3.05) is 49.2 Å². The maximum atomic E-state index is 14.9. The minimum Gasteiger partial charge on any atom is -0.508 e. The van der Waals surface area contributed by atoms with Gasteiger partial charge >= 0.3 is 6.01 Å². The summed E-state index contributed by atoms with van der Waals surface area (Å²) < 4.78 is 35.4. The lowest BCUT2D eigenvalue weighted by Gasteiger charge is -2.39. The van der Waals surface area contributed by atoms with Crippen LogP contribution in [0.2, 0.25) is 0 Å². The lowest BCUT2D eigenvalue weighted by molar-refractivity contribution is 0.0995. The lowest BCUT2D eigenvalue weighted by atomic mass is 9.95. The van der Waals surface area contributed by atoms with Gasteiger partial charge in [-0.25, -0.2) is 8.78 Å². The second-order valence-corrected chi connectivity index (χ2v) is 11.8. The number of aliphatic hydroxyl groups excluding tert-OH is 1. The summed E-state index contributed by atoms with van der Waals surface area (Å²) in [5.74, 6) is -0.232. The van der Waals surface area contributed by atoms with Crippen LogP contribution in [0, 0.1) is 11.7 Å². The average molecular weight is 566 g/mol. The Hall–Kier alpha value is -3.57. The first-order valence-corrected chi connectivity index (χ1v) is 14.3. The van der Waals surface area contributed by atoms with Crippen molar-refractivity contribution in [1.82, 2.24) is 14.9 Å². The molecule has 0 radical (unpaired) electrons. The second kappa shape index (κ2) is 9.77. The van der Waals surface area contributed by atoms with Crippen molar-refractivity contribution in [3.05, 3.63) is 46.9 Å². The number of fused-ring (bicyclic) bond motifs is 3. The third kappa shape index (κ3) is 4.20. The number of hydrogen-bond acceptors (Lipinski definition) is 8. The molecular weight excluding hydrogens is 532 g/mol. The van der Waals surface area contributed by atoms with Gasteiger partial charge in [0.15, 0.2) is 0 Å². The van der Waals surface area contributed by atoms with Crippen LogP contribution < -0.4 is 14.5 Å². The number of nitrogens with zero attached hydrogens (tertiary/aromatic N) is 5. The van der Waals surface area contributed by atoms with Crippen LogP contribution in [-0.2, 0) is 13.0 Å². The van der Waals surface area contributed by atoms with Crippen molar-refractivity contribution in [2.24, 2.45) is 5.92 Å². The fraction of sp³-hybridized carbons (Fsp3) is 0.500. The topological polar surface area (TPSA) is 102 Å². The first-order chi connectivity index (χ1) is 19.8. The number of alkyl halides is 1. The molecule has 2 unspecified atom stereocenters. The van der Waals surface area contributed by atoms with Gasteiger partial charge in [0.2, 0.25) is 0 Å². The summed E-state index contributed by atoms with van der Waals surface area (Å²) in [6.45, 7) is 4.58. The molecule has 216 valence electrons. The number of amides is 1. The van der Waals surface area contributed by atoms with E-state index in [4.69, 9.17) is 4.74 Å². The van der Waals surface area contributed by atoms with Crippen LogP contribution in [0.1, 0.15) is 47.8 Å². The largest absolute Gasteiger partial charge is 0.508 e. The Kier molecular flexibility index (Phi) is 6.27. The van der Waals surface area contributed by atoms with Gasteiger partial charge in [0, 0.05) is 50.0 Å². The van der Waals surface area contributed by atoms with Crippen LogP contribution in [0.5, 0.6) is 11.8 Å². The molecule has 3 fully saturated rings. The molecule has 0 aliphatic carbocycles. The summed E-state index contributed by atoms with van der Waals surface area (Å²) in [5.41, 5.74) is 1.32. The summed E-state index contributed by atoms with van der Waals surface area (Å²) in [7, 11) is 0. The number of ether oxygens (including phenoxy) is 1. The van der Waals surface area contributed by atoms with E-state index < -0.39 is 6.17 Å². The number of aliphatic hydroxyl groups is 1. The van der Waals surface area contributed by atoms with E-state index in [2.05, 4.69) is 14.9 Å². The van der Waals surface area contributed by atoms with E-state index in [1.54, 1.807) is 12.1 Å². The van der Waals surface area contributed by atoms with Crippen molar-refractivity contribution in [1.29, 1.82) is 0 Å². The molecule has 11 heteroatoms. The average Bonchev–Trinajstić information content (AvgIpc) is 3.56. The summed E-state index contributed by atoms with van der Waals surface area (Å²) in [6.07, 6.45) is 1.79. The predicted molar refractivity (Wildman–Crippen MR) is 149 cm³/mol.